The largest absolute Gasteiger partial charge is 0.468 e. The molecule has 3 nitrogen and oxygen atoms in total. The van der Waals surface area contributed by atoms with Crippen molar-refractivity contribution in [3.63, 3.8) is 0 Å². The summed E-state index contributed by atoms with van der Waals surface area (Å²) < 4.78 is 10.6. The molecular weight excluding hydrogens is 252 g/mol. The van der Waals surface area contributed by atoms with Gasteiger partial charge >= 0.3 is 5.97 Å². The fraction of sp³-hybridized carbons (Fsp3) is 0.294. The standard InChI is InChI=1S/C17H19O3/c1-5-20-16-12(3)14(13-9-7-6-8-10-13)11(2)15(16)17(18)19-4/h6-10H,5H2,1-4H3. The minimum Gasteiger partial charge on any atom is -0.468 e. The first-order chi connectivity index (χ1) is 9.61. The summed E-state index contributed by atoms with van der Waals surface area (Å²) in [5.74, 6) is 3.12. The van der Waals surface area contributed by atoms with Gasteiger partial charge in [0.1, 0.15) is 12.0 Å². The molecule has 1 fully saturated rings. The summed E-state index contributed by atoms with van der Waals surface area (Å²) in [6.45, 7) is 6.34. The molecule has 105 valence electrons. The molecule has 0 bridgehead atoms. The van der Waals surface area contributed by atoms with Crippen molar-refractivity contribution >= 4 is 5.97 Å². The Morgan fingerprint density at radius 1 is 1.10 bits per heavy atom. The molecule has 1 aliphatic rings. The third kappa shape index (κ3) is 2.59. The van der Waals surface area contributed by atoms with Crippen molar-refractivity contribution in [1.82, 2.24) is 0 Å². The molecule has 0 saturated heterocycles. The van der Waals surface area contributed by atoms with E-state index in [1.807, 2.05) is 51.1 Å². The minimum absolute atomic E-state index is 0.351. The van der Waals surface area contributed by atoms with E-state index in [-0.39, 0.29) is 5.97 Å². The van der Waals surface area contributed by atoms with E-state index in [2.05, 4.69) is 0 Å². The van der Waals surface area contributed by atoms with Gasteiger partial charge in [-0.15, -0.1) is 0 Å². The predicted molar refractivity (Wildman–Crippen MR) is 76.7 cm³/mol. The molecule has 0 unspecified atom stereocenters. The number of ether oxygens (including phenoxy) is 2. The number of carbonyl (C=O) groups excluding carboxylic acids is 1. The second kappa shape index (κ2) is 6.40. The number of carbonyl (C=O) groups is 1. The zero-order valence-electron chi connectivity index (χ0n) is 12.3. The molecule has 20 heavy (non-hydrogen) atoms. The van der Waals surface area contributed by atoms with E-state index in [4.69, 9.17) is 9.47 Å². The third-order valence-corrected chi connectivity index (χ3v) is 3.43. The molecule has 1 aliphatic carbocycles. The Hall–Kier alpha value is -1.35. The van der Waals surface area contributed by atoms with Gasteiger partial charge in [0.05, 0.1) is 7.11 Å². The van der Waals surface area contributed by atoms with Crippen LogP contribution in [0, 0.1) is 29.8 Å². The molecule has 1 saturated carbocycles. The predicted octanol–water partition coefficient (Wildman–Crippen LogP) is 3.13. The number of rotatable bonds is 4. The maximum atomic E-state index is 12.0. The van der Waals surface area contributed by atoms with Crippen molar-refractivity contribution in [3.05, 3.63) is 65.7 Å². The zero-order valence-corrected chi connectivity index (χ0v) is 12.3. The zero-order chi connectivity index (χ0) is 14.7. The summed E-state index contributed by atoms with van der Waals surface area (Å²) in [6, 6.07) is 10.0. The first-order valence-corrected chi connectivity index (χ1v) is 6.68. The van der Waals surface area contributed by atoms with Crippen LogP contribution in [-0.2, 0) is 14.3 Å². The van der Waals surface area contributed by atoms with Gasteiger partial charge in [0, 0.05) is 24.4 Å². The lowest BCUT2D eigenvalue weighted by Crippen LogP contribution is -2.23. The monoisotopic (exact) mass is 271 g/mol. The topological polar surface area (TPSA) is 35.5 Å². The summed E-state index contributed by atoms with van der Waals surface area (Å²) in [6.07, 6.45) is 0.635. The Morgan fingerprint density at radius 3 is 2.30 bits per heavy atom. The average molecular weight is 271 g/mol. The average Bonchev–Trinajstić information content (AvgIpc) is 2.71. The molecule has 1 aromatic carbocycles. The van der Waals surface area contributed by atoms with Crippen LogP contribution in [0.5, 0.6) is 0 Å². The summed E-state index contributed by atoms with van der Waals surface area (Å²) >= 11 is 0. The normalized spacial score (nSPS) is 19.6. The van der Waals surface area contributed by atoms with E-state index in [0.29, 0.717) is 18.6 Å². The van der Waals surface area contributed by atoms with Crippen molar-refractivity contribution in [2.75, 3.05) is 13.7 Å². The van der Waals surface area contributed by atoms with Crippen LogP contribution in [-0.4, -0.2) is 19.7 Å². The van der Waals surface area contributed by atoms with Gasteiger partial charge < -0.3 is 9.47 Å². The van der Waals surface area contributed by atoms with Gasteiger partial charge in [0.2, 0.25) is 0 Å². The minimum atomic E-state index is -0.351. The van der Waals surface area contributed by atoms with Crippen LogP contribution >= 0.6 is 0 Å². The van der Waals surface area contributed by atoms with Gasteiger partial charge in [-0.2, -0.15) is 0 Å². The highest BCUT2D eigenvalue weighted by molar-refractivity contribution is 5.97. The van der Waals surface area contributed by atoms with Crippen molar-refractivity contribution < 1.29 is 14.3 Å². The third-order valence-electron chi connectivity index (χ3n) is 3.43. The molecule has 0 amide bonds. The second-order valence-electron chi connectivity index (χ2n) is 4.62. The smallest absolute Gasteiger partial charge is 0.316 e. The summed E-state index contributed by atoms with van der Waals surface area (Å²) in [5, 5.41) is 0. The van der Waals surface area contributed by atoms with Crippen molar-refractivity contribution in [1.29, 1.82) is 0 Å². The Balaban J connectivity index is 2.33. The Kier molecular flexibility index (Phi) is 4.81. The molecule has 1 aromatic rings. The fourth-order valence-corrected chi connectivity index (χ4v) is 2.59. The SMILES string of the molecule is CCO[C]1[C](C)[C](c2ccccc2)[C](C)[C]1C(=O)OC. The van der Waals surface area contributed by atoms with E-state index < -0.39 is 0 Å². The highest BCUT2D eigenvalue weighted by Crippen LogP contribution is 2.55. The molecule has 5 radical (unpaired) electrons. The number of hydrogen-bond donors (Lipinski definition) is 0. The first kappa shape index (κ1) is 15.0. The van der Waals surface area contributed by atoms with E-state index in [0.717, 1.165) is 23.3 Å². The van der Waals surface area contributed by atoms with Crippen LogP contribution in [0.1, 0.15) is 26.3 Å². The lowest BCUT2D eigenvalue weighted by molar-refractivity contribution is -0.138. The molecule has 2 rings (SSSR count). The van der Waals surface area contributed by atoms with Crippen molar-refractivity contribution in [2.24, 2.45) is 0 Å². The quantitative estimate of drug-likeness (QED) is 0.789. The Labute approximate surface area is 121 Å². The van der Waals surface area contributed by atoms with Gasteiger partial charge in [-0.1, -0.05) is 44.2 Å². The van der Waals surface area contributed by atoms with E-state index in [9.17, 15) is 4.79 Å². The molecule has 0 heterocycles. The highest BCUT2D eigenvalue weighted by Gasteiger charge is 2.54. The van der Waals surface area contributed by atoms with Gasteiger partial charge in [-0.3, -0.25) is 4.79 Å². The molecule has 3 heteroatoms. The first-order valence-electron chi connectivity index (χ1n) is 6.68. The number of hydrogen-bond acceptors (Lipinski definition) is 3. The highest BCUT2D eigenvalue weighted by atomic mass is 16.5. The molecule has 0 aromatic heterocycles. The van der Waals surface area contributed by atoms with E-state index in [1.54, 1.807) is 0 Å². The number of esters is 1. The lowest BCUT2D eigenvalue weighted by atomic mass is 9.83. The number of benzene rings is 1. The molecule has 0 N–H and O–H groups in total. The van der Waals surface area contributed by atoms with Gasteiger partial charge in [0.25, 0.3) is 0 Å². The maximum absolute atomic E-state index is 12.0. The summed E-state index contributed by atoms with van der Waals surface area (Å²) in [7, 11) is 1.39. The van der Waals surface area contributed by atoms with Crippen molar-refractivity contribution in [3.8, 4) is 0 Å². The molecule has 0 aliphatic heterocycles. The fourth-order valence-electron chi connectivity index (χ4n) is 2.59. The van der Waals surface area contributed by atoms with E-state index >= 15 is 0 Å². The van der Waals surface area contributed by atoms with E-state index in [1.165, 1.54) is 7.11 Å². The van der Waals surface area contributed by atoms with Crippen LogP contribution in [0.4, 0.5) is 0 Å². The number of methoxy groups -OCH3 is 1. The molecule has 0 spiro atoms. The Morgan fingerprint density at radius 2 is 1.75 bits per heavy atom. The van der Waals surface area contributed by atoms with Gasteiger partial charge in [-0.25, -0.2) is 0 Å². The second-order valence-corrected chi connectivity index (χ2v) is 4.62. The summed E-state index contributed by atoms with van der Waals surface area (Å²) in [5.41, 5.74) is 1.08. The Bertz CT molecular complexity index is 443. The molecular formula is C17H19O3. The summed E-state index contributed by atoms with van der Waals surface area (Å²) in [4.78, 5) is 12.0. The maximum Gasteiger partial charge on any atom is 0.316 e. The van der Waals surface area contributed by atoms with Crippen molar-refractivity contribution in [2.45, 2.75) is 20.8 Å². The van der Waals surface area contributed by atoms with Gasteiger partial charge in [-0.05, 0) is 12.5 Å². The molecule has 0 atom stereocenters. The van der Waals surface area contributed by atoms with Gasteiger partial charge in [0.15, 0.2) is 0 Å². The van der Waals surface area contributed by atoms with Crippen LogP contribution < -0.4 is 0 Å². The van der Waals surface area contributed by atoms with Crippen LogP contribution in [0.15, 0.2) is 30.3 Å². The van der Waals surface area contributed by atoms with Crippen LogP contribution in [0.25, 0.3) is 0 Å². The lowest BCUT2D eigenvalue weighted by Gasteiger charge is -2.20. The van der Waals surface area contributed by atoms with Crippen LogP contribution in [0.2, 0.25) is 0 Å². The van der Waals surface area contributed by atoms with Crippen LogP contribution in [0.3, 0.4) is 0 Å².